The zero-order valence-electron chi connectivity index (χ0n) is 27.6. The number of nitrogens with zero attached hydrogens (tertiary/aromatic N) is 1. The van der Waals surface area contributed by atoms with Crippen LogP contribution < -0.4 is 20.7 Å². The van der Waals surface area contributed by atoms with E-state index in [2.05, 4.69) is 28.9 Å². The second kappa shape index (κ2) is 20.0. The van der Waals surface area contributed by atoms with E-state index in [-0.39, 0.29) is 17.1 Å². The van der Waals surface area contributed by atoms with Crippen LogP contribution in [-0.4, -0.2) is 52.5 Å². The van der Waals surface area contributed by atoms with Crippen LogP contribution >= 0.6 is 0 Å². The number of nitrogens with one attached hydrogen (secondary N) is 3. The summed E-state index contributed by atoms with van der Waals surface area (Å²) in [5.41, 5.74) is -0.205. The number of benzene rings is 2. The first-order chi connectivity index (χ1) is 22.0. The molecule has 0 aliphatic rings. The van der Waals surface area contributed by atoms with Crippen molar-refractivity contribution in [3.63, 3.8) is 0 Å². The molecule has 0 radical (unpaired) electrons. The second-order valence-electron chi connectivity index (χ2n) is 12.3. The molecule has 0 saturated heterocycles. The Morgan fingerprint density at radius 1 is 0.891 bits per heavy atom. The maximum atomic E-state index is 13.4. The molecule has 252 valence electrons. The Morgan fingerprint density at radius 3 is 2.11 bits per heavy atom. The SMILES string of the molecule is CCCCCCCCCCCCC(Oc1ccccc1C#N)C(=O)Nc1ccc(NC(=O)C(CO)NC(=O)OC(C)(C)C)c(O)c1. The molecule has 0 bridgehead atoms. The maximum Gasteiger partial charge on any atom is 0.408 e. The number of carbonyl (C=O) groups is 3. The summed E-state index contributed by atoms with van der Waals surface area (Å²) in [6.07, 6.45) is 10.2. The number of anilines is 2. The van der Waals surface area contributed by atoms with Gasteiger partial charge in [-0.2, -0.15) is 5.26 Å². The Labute approximate surface area is 272 Å². The Balaban J connectivity index is 2.01. The van der Waals surface area contributed by atoms with Crippen molar-refractivity contribution < 1.29 is 34.1 Å². The van der Waals surface area contributed by atoms with Gasteiger partial charge in [-0.15, -0.1) is 0 Å². The minimum atomic E-state index is -1.33. The molecule has 46 heavy (non-hydrogen) atoms. The normalized spacial score (nSPS) is 12.3. The zero-order chi connectivity index (χ0) is 34.0. The minimum Gasteiger partial charge on any atom is -0.506 e. The highest BCUT2D eigenvalue weighted by Crippen LogP contribution is 2.28. The summed E-state index contributed by atoms with van der Waals surface area (Å²) in [6, 6.07) is 11.6. The second-order valence-corrected chi connectivity index (χ2v) is 12.3. The van der Waals surface area contributed by atoms with Crippen LogP contribution in [0.25, 0.3) is 0 Å². The highest BCUT2D eigenvalue weighted by molar-refractivity contribution is 5.99. The number of nitriles is 1. The molecule has 0 heterocycles. The van der Waals surface area contributed by atoms with E-state index in [0.717, 1.165) is 25.7 Å². The minimum absolute atomic E-state index is 0.00792. The number of phenols is 1. The van der Waals surface area contributed by atoms with E-state index in [1.54, 1.807) is 45.0 Å². The summed E-state index contributed by atoms with van der Waals surface area (Å²) in [5.74, 6) is -1.25. The molecule has 2 aromatic rings. The van der Waals surface area contributed by atoms with Crippen LogP contribution in [0.3, 0.4) is 0 Å². The number of aromatic hydroxyl groups is 1. The van der Waals surface area contributed by atoms with Gasteiger partial charge in [-0.3, -0.25) is 9.59 Å². The molecule has 2 atom stereocenters. The number of ether oxygens (including phenoxy) is 2. The van der Waals surface area contributed by atoms with Crippen molar-refractivity contribution in [2.75, 3.05) is 17.2 Å². The number of aliphatic hydroxyl groups excluding tert-OH is 1. The Bertz CT molecular complexity index is 1300. The molecule has 11 nitrogen and oxygen atoms in total. The zero-order valence-corrected chi connectivity index (χ0v) is 27.6. The fourth-order valence-electron chi connectivity index (χ4n) is 4.68. The van der Waals surface area contributed by atoms with Gasteiger partial charge in [0, 0.05) is 11.8 Å². The van der Waals surface area contributed by atoms with E-state index in [9.17, 15) is 29.9 Å². The summed E-state index contributed by atoms with van der Waals surface area (Å²) in [5, 5.41) is 37.2. The number of carbonyl (C=O) groups excluding carboxylic acids is 3. The first kappa shape index (κ1) is 37.9. The molecule has 0 spiro atoms. The molecule has 2 rings (SSSR count). The van der Waals surface area contributed by atoms with Crippen LogP contribution in [0.1, 0.15) is 104 Å². The summed E-state index contributed by atoms with van der Waals surface area (Å²) < 4.78 is 11.2. The largest absolute Gasteiger partial charge is 0.506 e. The fraction of sp³-hybridized carbons (Fsp3) is 0.543. The highest BCUT2D eigenvalue weighted by Gasteiger charge is 2.25. The number of para-hydroxylation sites is 1. The third-order valence-corrected chi connectivity index (χ3v) is 7.10. The molecule has 2 unspecified atom stereocenters. The summed E-state index contributed by atoms with van der Waals surface area (Å²) >= 11 is 0. The molecule has 0 saturated carbocycles. The monoisotopic (exact) mass is 638 g/mol. The van der Waals surface area contributed by atoms with Gasteiger partial charge in [0.2, 0.25) is 5.91 Å². The predicted octanol–water partition coefficient (Wildman–Crippen LogP) is 6.79. The number of amides is 3. The van der Waals surface area contributed by atoms with Crippen molar-refractivity contribution in [1.29, 1.82) is 5.26 Å². The van der Waals surface area contributed by atoms with Crippen LogP contribution in [-0.2, 0) is 14.3 Å². The average Bonchev–Trinajstić information content (AvgIpc) is 3.00. The number of phenolic OH excluding ortho intramolecular Hbond substituents is 1. The molecule has 2 aromatic carbocycles. The van der Waals surface area contributed by atoms with Crippen LogP contribution in [0.4, 0.5) is 16.2 Å². The maximum absolute atomic E-state index is 13.4. The standard InChI is InChI=1S/C35H50N4O7/c1-5-6-7-8-9-10-11-12-13-14-19-31(45-30-18-16-15-17-25(30)23-36)33(43)37-26-20-21-27(29(41)22-26)38-32(42)28(24-40)39-34(44)46-35(2,3)4/h15-18,20-22,28,31,40-41H,5-14,19,24H2,1-4H3,(H,37,43)(H,38,42)(H,39,44). The van der Waals surface area contributed by atoms with Crippen molar-refractivity contribution in [3.8, 4) is 17.6 Å². The van der Waals surface area contributed by atoms with Crippen LogP contribution in [0.15, 0.2) is 42.5 Å². The number of hydrogen-bond acceptors (Lipinski definition) is 8. The smallest absolute Gasteiger partial charge is 0.408 e. The van der Waals surface area contributed by atoms with Crippen molar-refractivity contribution in [1.82, 2.24) is 5.32 Å². The first-order valence-corrected chi connectivity index (χ1v) is 16.2. The van der Waals surface area contributed by atoms with E-state index in [1.807, 2.05) is 0 Å². The molecule has 5 N–H and O–H groups in total. The molecular weight excluding hydrogens is 588 g/mol. The third kappa shape index (κ3) is 14.2. The van der Waals surface area contributed by atoms with Gasteiger partial charge >= 0.3 is 6.09 Å². The van der Waals surface area contributed by atoms with Crippen LogP contribution in [0.5, 0.6) is 11.5 Å². The summed E-state index contributed by atoms with van der Waals surface area (Å²) in [4.78, 5) is 38.0. The van der Waals surface area contributed by atoms with E-state index < -0.39 is 42.3 Å². The lowest BCUT2D eigenvalue weighted by Gasteiger charge is -2.22. The van der Waals surface area contributed by atoms with Gasteiger partial charge in [0.15, 0.2) is 6.10 Å². The number of rotatable bonds is 19. The van der Waals surface area contributed by atoms with E-state index in [0.29, 0.717) is 17.7 Å². The van der Waals surface area contributed by atoms with Gasteiger partial charge in [0.1, 0.15) is 29.2 Å². The fourth-order valence-corrected chi connectivity index (χ4v) is 4.68. The van der Waals surface area contributed by atoms with Gasteiger partial charge in [0.05, 0.1) is 17.9 Å². The lowest BCUT2D eigenvalue weighted by Crippen LogP contribution is -2.47. The lowest BCUT2D eigenvalue weighted by molar-refractivity contribution is -0.123. The quantitative estimate of drug-likeness (QED) is 0.0828. The van der Waals surface area contributed by atoms with Gasteiger partial charge in [-0.05, 0) is 57.9 Å². The van der Waals surface area contributed by atoms with E-state index in [1.165, 1.54) is 56.7 Å². The summed E-state index contributed by atoms with van der Waals surface area (Å²) in [7, 11) is 0. The van der Waals surface area contributed by atoms with E-state index in [4.69, 9.17) is 9.47 Å². The first-order valence-electron chi connectivity index (χ1n) is 16.2. The average molecular weight is 639 g/mol. The molecule has 0 aliphatic carbocycles. The van der Waals surface area contributed by atoms with Crippen molar-refractivity contribution in [2.24, 2.45) is 0 Å². The van der Waals surface area contributed by atoms with Crippen LogP contribution in [0.2, 0.25) is 0 Å². The number of aliphatic hydroxyl groups is 1. The highest BCUT2D eigenvalue weighted by atomic mass is 16.6. The van der Waals surface area contributed by atoms with Crippen LogP contribution in [0, 0.1) is 11.3 Å². The molecule has 11 heteroatoms. The molecule has 0 aromatic heterocycles. The molecule has 0 fully saturated rings. The lowest BCUT2D eigenvalue weighted by atomic mass is 10.0. The predicted molar refractivity (Wildman–Crippen MR) is 178 cm³/mol. The molecular formula is C35H50N4O7. The van der Waals surface area contributed by atoms with Gasteiger partial charge in [-0.1, -0.05) is 76.8 Å². The van der Waals surface area contributed by atoms with Crippen molar-refractivity contribution in [2.45, 2.75) is 116 Å². The third-order valence-electron chi connectivity index (χ3n) is 7.10. The van der Waals surface area contributed by atoms with Crippen molar-refractivity contribution >= 4 is 29.3 Å². The van der Waals surface area contributed by atoms with Gasteiger partial charge < -0.3 is 35.6 Å². The molecule has 3 amide bonds. The van der Waals surface area contributed by atoms with Crippen molar-refractivity contribution in [3.05, 3.63) is 48.0 Å². The van der Waals surface area contributed by atoms with Gasteiger partial charge in [0.25, 0.3) is 5.91 Å². The topological polar surface area (TPSA) is 170 Å². The van der Waals surface area contributed by atoms with Gasteiger partial charge in [-0.25, -0.2) is 4.79 Å². The van der Waals surface area contributed by atoms with E-state index >= 15 is 0 Å². The number of unbranched alkanes of at least 4 members (excludes halogenated alkanes) is 9. The number of alkyl carbamates (subject to hydrolysis) is 1. The Morgan fingerprint density at radius 2 is 1.52 bits per heavy atom. The molecule has 0 aliphatic heterocycles. The Kier molecular flexibility index (Phi) is 16.4. The number of hydrogen-bond donors (Lipinski definition) is 5. The Hall–Kier alpha value is -4.30. The summed E-state index contributed by atoms with van der Waals surface area (Å²) in [6.45, 7) is 6.50.